The van der Waals surface area contributed by atoms with Crippen LogP contribution >= 0.6 is 11.6 Å². The highest BCUT2D eigenvalue weighted by atomic mass is 35.5. The summed E-state index contributed by atoms with van der Waals surface area (Å²) in [6, 6.07) is 17.1. The molecule has 0 aliphatic heterocycles. The van der Waals surface area contributed by atoms with Gasteiger partial charge in [-0.05, 0) is 23.6 Å². The monoisotopic (exact) mass is 275 g/mol. The highest BCUT2D eigenvalue weighted by Crippen LogP contribution is 2.27. The molecule has 0 fully saturated rings. The Morgan fingerprint density at radius 2 is 1.68 bits per heavy atom. The Balaban J connectivity index is 2.26. The van der Waals surface area contributed by atoms with E-state index < -0.39 is 0 Å². The molecular weight excluding hydrogens is 262 g/mol. The summed E-state index contributed by atoms with van der Waals surface area (Å²) in [7, 11) is 0. The smallest absolute Gasteiger partial charge is 0.211 e. The zero-order chi connectivity index (χ0) is 13.7. The SMILES string of the molecule is O=[N+]([O-])CC(Cc1ccccc1)c1ccccc1Cl. The molecule has 0 spiro atoms. The highest BCUT2D eigenvalue weighted by molar-refractivity contribution is 6.31. The Morgan fingerprint density at radius 1 is 1.05 bits per heavy atom. The first kappa shape index (κ1) is 13.6. The largest absolute Gasteiger partial charge is 0.265 e. The summed E-state index contributed by atoms with van der Waals surface area (Å²) in [5.41, 5.74) is 1.92. The summed E-state index contributed by atoms with van der Waals surface area (Å²) in [5.74, 6) is -0.203. The zero-order valence-corrected chi connectivity index (χ0v) is 11.1. The van der Waals surface area contributed by atoms with Gasteiger partial charge in [-0.25, -0.2) is 0 Å². The summed E-state index contributed by atoms with van der Waals surface area (Å²) in [4.78, 5) is 10.6. The maximum Gasteiger partial charge on any atom is 0.211 e. The Kier molecular flexibility index (Phi) is 4.53. The second kappa shape index (κ2) is 6.34. The van der Waals surface area contributed by atoms with Crippen LogP contribution in [0.3, 0.4) is 0 Å². The van der Waals surface area contributed by atoms with E-state index >= 15 is 0 Å². The number of nitro groups is 1. The van der Waals surface area contributed by atoms with Gasteiger partial charge in [0.05, 0.1) is 5.92 Å². The molecule has 0 N–H and O–H groups in total. The fourth-order valence-corrected chi connectivity index (χ4v) is 2.45. The van der Waals surface area contributed by atoms with E-state index in [0.29, 0.717) is 11.4 Å². The van der Waals surface area contributed by atoms with Crippen molar-refractivity contribution >= 4 is 11.6 Å². The minimum Gasteiger partial charge on any atom is -0.265 e. The maximum absolute atomic E-state index is 10.8. The van der Waals surface area contributed by atoms with Crippen molar-refractivity contribution in [3.8, 4) is 0 Å². The fraction of sp³-hybridized carbons (Fsp3) is 0.200. The average Bonchev–Trinajstić information content (AvgIpc) is 2.39. The minimum absolute atomic E-state index is 0.112. The van der Waals surface area contributed by atoms with Gasteiger partial charge in [0.25, 0.3) is 0 Å². The lowest BCUT2D eigenvalue weighted by atomic mass is 9.92. The highest BCUT2D eigenvalue weighted by Gasteiger charge is 2.20. The molecule has 0 aliphatic rings. The van der Waals surface area contributed by atoms with Gasteiger partial charge >= 0.3 is 0 Å². The molecule has 2 rings (SSSR count). The molecule has 0 saturated heterocycles. The standard InChI is InChI=1S/C15H14ClNO2/c16-15-9-5-4-8-14(15)13(11-17(18)19)10-12-6-2-1-3-7-12/h1-9,13H,10-11H2. The lowest BCUT2D eigenvalue weighted by Gasteiger charge is -2.14. The average molecular weight is 276 g/mol. The third-order valence-corrected chi connectivity index (χ3v) is 3.38. The first-order valence-electron chi connectivity index (χ1n) is 6.07. The third-order valence-electron chi connectivity index (χ3n) is 3.04. The predicted octanol–water partition coefficient (Wildman–Crippen LogP) is 3.94. The van der Waals surface area contributed by atoms with Gasteiger partial charge in [-0.1, -0.05) is 60.1 Å². The van der Waals surface area contributed by atoms with Crippen molar-refractivity contribution in [1.82, 2.24) is 0 Å². The van der Waals surface area contributed by atoms with Crippen LogP contribution in [0.15, 0.2) is 54.6 Å². The first-order valence-corrected chi connectivity index (χ1v) is 6.45. The van der Waals surface area contributed by atoms with Crippen LogP contribution in [0.5, 0.6) is 0 Å². The molecule has 0 radical (unpaired) electrons. The number of hydrogen-bond donors (Lipinski definition) is 0. The lowest BCUT2D eigenvalue weighted by Crippen LogP contribution is -2.15. The second-order valence-corrected chi connectivity index (χ2v) is 4.83. The summed E-state index contributed by atoms with van der Waals surface area (Å²) < 4.78 is 0. The van der Waals surface area contributed by atoms with Gasteiger partial charge < -0.3 is 0 Å². The van der Waals surface area contributed by atoms with Crippen molar-refractivity contribution in [2.45, 2.75) is 12.3 Å². The van der Waals surface area contributed by atoms with Crippen molar-refractivity contribution in [2.75, 3.05) is 6.54 Å². The molecule has 0 amide bonds. The topological polar surface area (TPSA) is 43.1 Å². The van der Waals surface area contributed by atoms with Gasteiger partial charge in [0.1, 0.15) is 0 Å². The van der Waals surface area contributed by atoms with Crippen molar-refractivity contribution in [3.63, 3.8) is 0 Å². The lowest BCUT2D eigenvalue weighted by molar-refractivity contribution is -0.483. The van der Waals surface area contributed by atoms with Gasteiger partial charge in [0.2, 0.25) is 6.54 Å². The number of benzene rings is 2. The molecule has 2 aromatic rings. The first-order chi connectivity index (χ1) is 9.16. The Labute approximate surface area is 117 Å². The van der Waals surface area contributed by atoms with E-state index in [9.17, 15) is 10.1 Å². The molecule has 0 saturated carbocycles. The number of halogens is 1. The van der Waals surface area contributed by atoms with Crippen molar-refractivity contribution in [3.05, 3.63) is 80.9 Å². The summed E-state index contributed by atoms with van der Waals surface area (Å²) in [5, 5.41) is 11.4. The van der Waals surface area contributed by atoms with Crippen molar-refractivity contribution in [2.24, 2.45) is 0 Å². The molecule has 1 atom stereocenters. The van der Waals surface area contributed by atoms with Crippen LogP contribution in [-0.2, 0) is 6.42 Å². The molecule has 0 aromatic heterocycles. The second-order valence-electron chi connectivity index (χ2n) is 4.42. The van der Waals surface area contributed by atoms with Crippen LogP contribution in [0.2, 0.25) is 5.02 Å². The quantitative estimate of drug-likeness (QED) is 0.613. The molecule has 98 valence electrons. The van der Waals surface area contributed by atoms with E-state index in [2.05, 4.69) is 0 Å². The van der Waals surface area contributed by atoms with Gasteiger partial charge in [0.15, 0.2) is 0 Å². The molecule has 1 unspecified atom stereocenters. The van der Waals surface area contributed by atoms with Crippen LogP contribution < -0.4 is 0 Å². The molecule has 4 heteroatoms. The molecule has 0 heterocycles. The summed E-state index contributed by atoms with van der Waals surface area (Å²) >= 11 is 6.15. The van der Waals surface area contributed by atoms with Crippen LogP contribution in [0.4, 0.5) is 0 Å². The molecule has 19 heavy (non-hydrogen) atoms. The number of rotatable bonds is 5. The van der Waals surface area contributed by atoms with Crippen LogP contribution in [0.1, 0.15) is 17.0 Å². The minimum atomic E-state index is -0.281. The molecule has 0 bridgehead atoms. The van der Waals surface area contributed by atoms with E-state index in [1.165, 1.54) is 0 Å². The Hall–Kier alpha value is -1.87. The molecule has 0 aliphatic carbocycles. The van der Waals surface area contributed by atoms with E-state index in [1.54, 1.807) is 6.07 Å². The van der Waals surface area contributed by atoms with E-state index in [1.807, 2.05) is 48.5 Å². The zero-order valence-electron chi connectivity index (χ0n) is 10.3. The van der Waals surface area contributed by atoms with Gasteiger partial charge in [-0.3, -0.25) is 10.1 Å². The van der Waals surface area contributed by atoms with Crippen molar-refractivity contribution < 1.29 is 4.92 Å². The third kappa shape index (κ3) is 3.80. The van der Waals surface area contributed by atoms with E-state index in [-0.39, 0.29) is 17.4 Å². The Morgan fingerprint density at radius 3 is 2.32 bits per heavy atom. The Bertz CT molecular complexity index is 557. The van der Waals surface area contributed by atoms with Crippen LogP contribution in [0, 0.1) is 10.1 Å². The summed E-state index contributed by atoms with van der Waals surface area (Å²) in [6.07, 6.45) is 0.617. The van der Waals surface area contributed by atoms with Crippen LogP contribution in [-0.4, -0.2) is 11.5 Å². The summed E-state index contributed by atoms with van der Waals surface area (Å²) in [6.45, 7) is -0.112. The molecular formula is C15H14ClNO2. The normalized spacial score (nSPS) is 12.1. The van der Waals surface area contributed by atoms with Crippen molar-refractivity contribution in [1.29, 1.82) is 0 Å². The predicted molar refractivity (Wildman–Crippen MR) is 76.2 cm³/mol. The fourth-order valence-electron chi connectivity index (χ4n) is 2.16. The number of hydrogen-bond acceptors (Lipinski definition) is 2. The maximum atomic E-state index is 10.8. The van der Waals surface area contributed by atoms with Gasteiger partial charge in [0, 0.05) is 9.95 Å². The molecule has 2 aromatic carbocycles. The van der Waals surface area contributed by atoms with Gasteiger partial charge in [-0.15, -0.1) is 0 Å². The number of nitrogens with zero attached hydrogens (tertiary/aromatic N) is 1. The molecule has 3 nitrogen and oxygen atoms in total. The van der Waals surface area contributed by atoms with Crippen LogP contribution in [0.25, 0.3) is 0 Å². The van der Waals surface area contributed by atoms with Gasteiger partial charge in [-0.2, -0.15) is 0 Å². The van der Waals surface area contributed by atoms with E-state index in [0.717, 1.165) is 11.1 Å². The van der Waals surface area contributed by atoms with E-state index in [4.69, 9.17) is 11.6 Å².